The quantitative estimate of drug-likeness (QED) is 0.124. The van der Waals surface area contributed by atoms with Gasteiger partial charge in [0.2, 0.25) is 0 Å². The van der Waals surface area contributed by atoms with Gasteiger partial charge in [-0.15, -0.1) is 5.73 Å². The SMILES string of the molecule is CCCCCCCCCCCCCCCCCCOc1ccc(C=C=C(C)C(=O)O)cc1. The summed E-state index contributed by atoms with van der Waals surface area (Å²) in [7, 11) is 0. The summed E-state index contributed by atoms with van der Waals surface area (Å²) in [5, 5.41) is 8.84. The molecule has 0 aliphatic heterocycles. The Balaban J connectivity index is 1.92. The van der Waals surface area contributed by atoms with Gasteiger partial charge in [-0.25, -0.2) is 4.79 Å². The number of rotatable bonds is 20. The largest absolute Gasteiger partial charge is 0.494 e. The van der Waals surface area contributed by atoms with E-state index >= 15 is 0 Å². The molecule has 0 amide bonds. The van der Waals surface area contributed by atoms with Crippen LogP contribution in [-0.4, -0.2) is 17.7 Å². The molecule has 1 N–H and O–H groups in total. The highest BCUT2D eigenvalue weighted by molar-refractivity contribution is 5.86. The molecule has 0 saturated heterocycles. The molecule has 0 atom stereocenters. The van der Waals surface area contributed by atoms with Crippen molar-refractivity contribution in [2.45, 2.75) is 117 Å². The number of carbonyl (C=O) groups is 1. The first kappa shape index (κ1) is 28.0. The van der Waals surface area contributed by atoms with Gasteiger partial charge < -0.3 is 9.84 Å². The third kappa shape index (κ3) is 15.8. The van der Waals surface area contributed by atoms with Crippen LogP contribution in [-0.2, 0) is 4.79 Å². The molecule has 0 spiro atoms. The van der Waals surface area contributed by atoms with Gasteiger partial charge in [0.25, 0.3) is 0 Å². The molecule has 0 aromatic heterocycles. The van der Waals surface area contributed by atoms with Gasteiger partial charge in [-0.2, -0.15) is 0 Å². The summed E-state index contributed by atoms with van der Waals surface area (Å²) in [6.07, 6.45) is 23.7. The average molecular weight is 443 g/mol. The number of benzene rings is 1. The minimum Gasteiger partial charge on any atom is -0.494 e. The Morgan fingerprint density at radius 3 is 1.66 bits per heavy atom. The summed E-state index contributed by atoms with van der Waals surface area (Å²) in [6.45, 7) is 4.57. The van der Waals surface area contributed by atoms with Crippen LogP contribution in [0.5, 0.6) is 5.75 Å². The minimum absolute atomic E-state index is 0.203. The molecule has 1 aromatic rings. The average Bonchev–Trinajstić information content (AvgIpc) is 2.80. The molecule has 32 heavy (non-hydrogen) atoms. The van der Waals surface area contributed by atoms with Crippen LogP contribution in [0.15, 0.2) is 35.6 Å². The highest BCUT2D eigenvalue weighted by Crippen LogP contribution is 2.15. The van der Waals surface area contributed by atoms with Crippen molar-refractivity contribution in [2.24, 2.45) is 0 Å². The second-order valence-corrected chi connectivity index (χ2v) is 8.94. The lowest BCUT2D eigenvalue weighted by molar-refractivity contribution is -0.132. The maximum atomic E-state index is 10.8. The van der Waals surface area contributed by atoms with Crippen LogP contribution in [0.25, 0.3) is 6.08 Å². The van der Waals surface area contributed by atoms with E-state index in [1.54, 1.807) is 6.08 Å². The van der Waals surface area contributed by atoms with Crippen molar-refractivity contribution >= 4 is 12.0 Å². The second kappa shape index (κ2) is 19.7. The Morgan fingerprint density at radius 2 is 1.22 bits per heavy atom. The van der Waals surface area contributed by atoms with E-state index in [-0.39, 0.29) is 5.57 Å². The summed E-state index contributed by atoms with van der Waals surface area (Å²) in [5.41, 5.74) is 3.89. The number of hydrogen-bond donors (Lipinski definition) is 1. The van der Waals surface area contributed by atoms with E-state index in [0.717, 1.165) is 24.3 Å². The van der Waals surface area contributed by atoms with Crippen LogP contribution in [0.4, 0.5) is 0 Å². The van der Waals surface area contributed by atoms with Gasteiger partial charge in [0, 0.05) is 0 Å². The van der Waals surface area contributed by atoms with E-state index in [1.807, 2.05) is 24.3 Å². The molecule has 0 bridgehead atoms. The molecule has 1 aromatic carbocycles. The molecule has 0 heterocycles. The zero-order valence-electron chi connectivity index (χ0n) is 20.7. The fraction of sp³-hybridized carbons (Fsp3) is 0.655. The Bertz CT molecular complexity index is 653. The Labute approximate surface area is 197 Å². The lowest BCUT2D eigenvalue weighted by Gasteiger charge is -2.06. The van der Waals surface area contributed by atoms with E-state index in [0.29, 0.717) is 0 Å². The van der Waals surface area contributed by atoms with Crippen LogP contribution in [0.1, 0.15) is 122 Å². The maximum Gasteiger partial charge on any atom is 0.339 e. The van der Waals surface area contributed by atoms with Gasteiger partial charge >= 0.3 is 5.97 Å². The standard InChI is InChI=1S/C29H46O3/c1-3-4-5-6-7-8-9-10-11-12-13-14-15-16-17-18-25-32-28-23-21-27(22-24-28)20-19-26(2)29(30)31/h20-24H,3-18,25H2,1-2H3,(H,30,31). The predicted octanol–water partition coefficient (Wildman–Crippen LogP) is 8.97. The molecule has 0 fully saturated rings. The van der Waals surface area contributed by atoms with Gasteiger partial charge in [0.05, 0.1) is 12.2 Å². The summed E-state index contributed by atoms with van der Waals surface area (Å²) < 4.78 is 5.81. The highest BCUT2D eigenvalue weighted by Gasteiger charge is 1.98. The third-order valence-corrected chi connectivity index (χ3v) is 5.92. The van der Waals surface area contributed by atoms with Gasteiger partial charge in [0.1, 0.15) is 5.75 Å². The first-order valence-corrected chi connectivity index (χ1v) is 13.0. The summed E-state index contributed by atoms with van der Waals surface area (Å²) in [4.78, 5) is 10.8. The van der Waals surface area contributed by atoms with Crippen molar-refractivity contribution in [3.8, 4) is 5.75 Å². The third-order valence-electron chi connectivity index (χ3n) is 5.92. The van der Waals surface area contributed by atoms with Crippen molar-refractivity contribution in [2.75, 3.05) is 6.61 Å². The fourth-order valence-electron chi connectivity index (χ4n) is 3.75. The van der Waals surface area contributed by atoms with Crippen LogP contribution in [0.2, 0.25) is 0 Å². The van der Waals surface area contributed by atoms with Gasteiger partial charge in [-0.1, -0.05) is 115 Å². The Hall–Kier alpha value is -1.99. The van der Waals surface area contributed by atoms with Crippen molar-refractivity contribution in [3.05, 3.63) is 41.1 Å². The van der Waals surface area contributed by atoms with Crippen molar-refractivity contribution in [1.82, 2.24) is 0 Å². The van der Waals surface area contributed by atoms with Crippen molar-refractivity contribution < 1.29 is 14.6 Å². The molecule has 0 saturated carbocycles. The molecule has 0 aliphatic carbocycles. The normalized spacial score (nSPS) is 10.6. The van der Waals surface area contributed by atoms with Gasteiger partial charge in [-0.05, 0) is 37.1 Å². The summed E-state index contributed by atoms with van der Waals surface area (Å²) in [5.74, 6) is -0.0814. The zero-order chi connectivity index (χ0) is 23.3. The fourth-order valence-corrected chi connectivity index (χ4v) is 3.75. The summed E-state index contributed by atoms with van der Waals surface area (Å²) in [6, 6.07) is 7.70. The zero-order valence-corrected chi connectivity index (χ0v) is 20.7. The molecule has 0 unspecified atom stereocenters. The van der Waals surface area contributed by atoms with E-state index in [2.05, 4.69) is 12.7 Å². The number of carboxylic acid groups (broad SMARTS) is 1. The molecular formula is C29H46O3. The summed E-state index contributed by atoms with van der Waals surface area (Å²) >= 11 is 0. The molecule has 3 nitrogen and oxygen atoms in total. The lowest BCUT2D eigenvalue weighted by atomic mass is 10.0. The second-order valence-electron chi connectivity index (χ2n) is 8.94. The van der Waals surface area contributed by atoms with E-state index in [4.69, 9.17) is 9.84 Å². The van der Waals surface area contributed by atoms with Crippen LogP contribution < -0.4 is 4.74 Å². The van der Waals surface area contributed by atoms with E-state index in [1.165, 1.54) is 103 Å². The molecular weight excluding hydrogens is 396 g/mol. The van der Waals surface area contributed by atoms with Gasteiger partial charge in [-0.3, -0.25) is 0 Å². The van der Waals surface area contributed by atoms with Crippen LogP contribution in [0, 0.1) is 0 Å². The Morgan fingerprint density at radius 1 is 0.781 bits per heavy atom. The maximum absolute atomic E-state index is 10.8. The van der Waals surface area contributed by atoms with Crippen LogP contribution in [0.3, 0.4) is 0 Å². The molecule has 0 aliphatic rings. The topological polar surface area (TPSA) is 46.5 Å². The first-order chi connectivity index (χ1) is 15.6. The first-order valence-electron chi connectivity index (χ1n) is 13.0. The highest BCUT2D eigenvalue weighted by atomic mass is 16.5. The van der Waals surface area contributed by atoms with Crippen molar-refractivity contribution in [1.29, 1.82) is 0 Å². The smallest absolute Gasteiger partial charge is 0.339 e. The lowest BCUT2D eigenvalue weighted by Crippen LogP contribution is -1.97. The predicted molar refractivity (Wildman–Crippen MR) is 136 cm³/mol. The molecule has 1 rings (SSSR count). The van der Waals surface area contributed by atoms with Crippen LogP contribution >= 0.6 is 0 Å². The number of hydrogen-bond acceptors (Lipinski definition) is 2. The number of ether oxygens (including phenoxy) is 1. The monoisotopic (exact) mass is 442 g/mol. The Kier molecular flexibility index (Phi) is 17.2. The number of carboxylic acids is 1. The molecule has 180 valence electrons. The number of aliphatic carboxylic acids is 1. The van der Waals surface area contributed by atoms with Gasteiger partial charge in [0.15, 0.2) is 0 Å². The van der Waals surface area contributed by atoms with E-state index in [9.17, 15) is 4.79 Å². The van der Waals surface area contributed by atoms with E-state index < -0.39 is 5.97 Å². The molecule has 0 radical (unpaired) electrons. The number of unbranched alkanes of at least 4 members (excludes halogenated alkanes) is 15. The molecule has 3 heteroatoms. The minimum atomic E-state index is -0.944. The van der Waals surface area contributed by atoms with Crippen molar-refractivity contribution in [3.63, 3.8) is 0 Å².